The van der Waals surface area contributed by atoms with E-state index in [1.807, 2.05) is 45.0 Å². The van der Waals surface area contributed by atoms with Gasteiger partial charge >= 0.3 is 18.0 Å². The first-order valence-corrected chi connectivity index (χ1v) is 13.0. The molecule has 0 atom stereocenters. The van der Waals surface area contributed by atoms with Gasteiger partial charge in [0.1, 0.15) is 16.9 Å². The second-order valence-electron chi connectivity index (χ2n) is 9.39. The van der Waals surface area contributed by atoms with Crippen molar-refractivity contribution in [2.75, 3.05) is 44.3 Å². The standard InChI is InChI=1S/C26H32N4O7S/c1-6-35-23(33)20-15-27-24(28-22(20)21(32)16-36-17(2)31)38-19-9-7-18(8-10-19)29-11-13-30(14-12-29)25(34)37-26(3,4)5/h7-10,15H,6,11-14,16H2,1-5H3. The zero-order valence-corrected chi connectivity index (χ0v) is 23.0. The maximum absolute atomic E-state index is 12.6. The first-order chi connectivity index (χ1) is 18.0. The van der Waals surface area contributed by atoms with Crippen LogP contribution in [0.15, 0.2) is 40.5 Å². The predicted octanol–water partition coefficient (Wildman–Crippen LogP) is 3.61. The van der Waals surface area contributed by atoms with Crippen LogP contribution in [0.1, 0.15) is 55.5 Å². The van der Waals surface area contributed by atoms with E-state index in [0.717, 1.165) is 10.6 Å². The monoisotopic (exact) mass is 544 g/mol. The molecule has 11 nitrogen and oxygen atoms in total. The van der Waals surface area contributed by atoms with Crippen LogP contribution in [0.3, 0.4) is 0 Å². The SMILES string of the molecule is CCOC(=O)c1cnc(Sc2ccc(N3CCN(C(=O)OC(C)(C)C)CC3)cc2)nc1C(=O)COC(C)=O. The summed E-state index contributed by atoms with van der Waals surface area (Å²) in [6, 6.07) is 7.74. The van der Waals surface area contributed by atoms with Gasteiger partial charge in [-0.15, -0.1) is 0 Å². The zero-order chi connectivity index (χ0) is 27.9. The van der Waals surface area contributed by atoms with Crippen molar-refractivity contribution < 1.29 is 33.4 Å². The summed E-state index contributed by atoms with van der Waals surface area (Å²) in [4.78, 5) is 61.5. The van der Waals surface area contributed by atoms with Crippen molar-refractivity contribution in [3.63, 3.8) is 0 Å². The number of ketones is 1. The van der Waals surface area contributed by atoms with Crippen molar-refractivity contribution in [1.29, 1.82) is 0 Å². The van der Waals surface area contributed by atoms with Gasteiger partial charge in [-0.2, -0.15) is 0 Å². The fraction of sp³-hybridized carbons (Fsp3) is 0.462. The van der Waals surface area contributed by atoms with Crippen LogP contribution in [-0.4, -0.2) is 83.7 Å². The summed E-state index contributed by atoms with van der Waals surface area (Å²) in [5, 5.41) is 0.253. The maximum atomic E-state index is 12.6. The summed E-state index contributed by atoms with van der Waals surface area (Å²) >= 11 is 1.22. The Balaban J connectivity index is 1.67. The van der Waals surface area contributed by atoms with Crippen LogP contribution >= 0.6 is 11.8 Å². The van der Waals surface area contributed by atoms with Gasteiger partial charge in [-0.1, -0.05) is 0 Å². The van der Waals surface area contributed by atoms with Crippen LogP contribution in [0.4, 0.5) is 10.5 Å². The van der Waals surface area contributed by atoms with Gasteiger partial charge in [-0.05, 0) is 63.7 Å². The maximum Gasteiger partial charge on any atom is 0.410 e. The number of anilines is 1. The number of benzene rings is 1. The zero-order valence-electron chi connectivity index (χ0n) is 22.2. The molecule has 1 aromatic heterocycles. The van der Waals surface area contributed by atoms with Gasteiger partial charge in [0.15, 0.2) is 11.8 Å². The number of amides is 1. The van der Waals surface area contributed by atoms with Crippen molar-refractivity contribution in [2.45, 2.75) is 50.3 Å². The minimum Gasteiger partial charge on any atom is -0.462 e. The van der Waals surface area contributed by atoms with Crippen molar-refractivity contribution in [2.24, 2.45) is 0 Å². The van der Waals surface area contributed by atoms with Crippen molar-refractivity contribution >= 4 is 41.3 Å². The van der Waals surface area contributed by atoms with Gasteiger partial charge in [0, 0.05) is 49.9 Å². The van der Waals surface area contributed by atoms with E-state index in [1.165, 1.54) is 24.9 Å². The second-order valence-corrected chi connectivity index (χ2v) is 10.4. The van der Waals surface area contributed by atoms with E-state index in [4.69, 9.17) is 14.2 Å². The Hall–Kier alpha value is -3.67. The highest BCUT2D eigenvalue weighted by Crippen LogP contribution is 2.28. The van der Waals surface area contributed by atoms with Crippen molar-refractivity contribution in [3.05, 3.63) is 41.7 Å². The molecule has 0 bridgehead atoms. The molecule has 1 fully saturated rings. The first-order valence-electron chi connectivity index (χ1n) is 12.2. The molecule has 3 rings (SSSR count). The van der Waals surface area contributed by atoms with Gasteiger partial charge in [0.05, 0.1) is 6.61 Å². The van der Waals surface area contributed by atoms with Crippen LogP contribution in [-0.2, 0) is 19.0 Å². The minimum absolute atomic E-state index is 0.0887. The van der Waals surface area contributed by atoms with E-state index in [-0.39, 0.29) is 29.1 Å². The average Bonchev–Trinajstić information content (AvgIpc) is 2.87. The van der Waals surface area contributed by atoms with Gasteiger partial charge in [0.25, 0.3) is 0 Å². The van der Waals surface area contributed by atoms with E-state index in [9.17, 15) is 19.2 Å². The number of hydrogen-bond donors (Lipinski definition) is 0. The number of nitrogens with zero attached hydrogens (tertiary/aromatic N) is 4. The third kappa shape index (κ3) is 8.17. The molecule has 0 aliphatic carbocycles. The molecule has 0 radical (unpaired) electrons. The Morgan fingerprint density at radius 3 is 2.24 bits per heavy atom. The molecular weight excluding hydrogens is 512 g/mol. The molecule has 1 aromatic carbocycles. The fourth-order valence-electron chi connectivity index (χ4n) is 3.53. The number of carbonyl (C=O) groups excluding carboxylic acids is 4. The molecule has 1 aliphatic heterocycles. The van der Waals surface area contributed by atoms with Crippen molar-refractivity contribution in [3.8, 4) is 0 Å². The highest BCUT2D eigenvalue weighted by Gasteiger charge is 2.26. The summed E-state index contributed by atoms with van der Waals surface area (Å²) in [5.74, 6) is -1.98. The van der Waals surface area contributed by atoms with Crippen LogP contribution in [0.5, 0.6) is 0 Å². The summed E-state index contributed by atoms with van der Waals surface area (Å²) in [7, 11) is 0. The van der Waals surface area contributed by atoms with Crippen LogP contribution in [0.2, 0.25) is 0 Å². The predicted molar refractivity (Wildman–Crippen MR) is 140 cm³/mol. The number of hydrogen-bond acceptors (Lipinski definition) is 11. The minimum atomic E-state index is -0.730. The number of piperazine rings is 1. The molecule has 204 valence electrons. The largest absolute Gasteiger partial charge is 0.462 e. The number of Topliss-reactive ketones (excluding diaryl/α,β-unsaturated/α-hetero) is 1. The molecule has 0 saturated carbocycles. The normalized spacial score (nSPS) is 13.6. The van der Waals surface area contributed by atoms with Crippen molar-refractivity contribution in [1.82, 2.24) is 14.9 Å². The van der Waals surface area contributed by atoms with Gasteiger partial charge in [-0.25, -0.2) is 19.6 Å². The summed E-state index contributed by atoms with van der Waals surface area (Å²) in [6.45, 7) is 10.4. The van der Waals surface area contributed by atoms with Crippen LogP contribution in [0, 0.1) is 0 Å². The number of aromatic nitrogens is 2. The third-order valence-corrected chi connectivity index (χ3v) is 6.16. The number of ether oxygens (including phenoxy) is 3. The number of carbonyl (C=O) groups is 4. The van der Waals surface area contributed by atoms with Crippen LogP contribution in [0.25, 0.3) is 0 Å². The van der Waals surface area contributed by atoms with E-state index in [0.29, 0.717) is 26.2 Å². The van der Waals surface area contributed by atoms with Gasteiger partial charge in [0.2, 0.25) is 5.78 Å². The Morgan fingerprint density at radius 1 is 1.00 bits per heavy atom. The molecule has 0 unspecified atom stereocenters. The molecule has 12 heteroatoms. The van der Waals surface area contributed by atoms with E-state index in [1.54, 1.807) is 11.8 Å². The number of esters is 2. The average molecular weight is 545 g/mol. The smallest absolute Gasteiger partial charge is 0.410 e. The molecule has 0 N–H and O–H groups in total. The molecule has 2 aromatic rings. The molecule has 38 heavy (non-hydrogen) atoms. The number of rotatable bonds is 8. The topological polar surface area (TPSA) is 128 Å². The molecule has 1 saturated heterocycles. The lowest BCUT2D eigenvalue weighted by Crippen LogP contribution is -2.50. The summed E-state index contributed by atoms with van der Waals surface area (Å²) < 4.78 is 15.2. The van der Waals surface area contributed by atoms with Crippen LogP contribution < -0.4 is 4.90 Å². The third-order valence-electron chi connectivity index (χ3n) is 5.28. The molecular formula is C26H32N4O7S. The summed E-state index contributed by atoms with van der Waals surface area (Å²) in [6.07, 6.45) is 0.941. The lowest BCUT2D eigenvalue weighted by Gasteiger charge is -2.36. The quantitative estimate of drug-likeness (QED) is 0.209. The van der Waals surface area contributed by atoms with E-state index in [2.05, 4.69) is 14.9 Å². The first kappa shape index (κ1) is 28.9. The lowest BCUT2D eigenvalue weighted by atomic mass is 10.1. The molecule has 0 spiro atoms. The van der Waals surface area contributed by atoms with Gasteiger partial charge < -0.3 is 24.0 Å². The molecule has 1 aliphatic rings. The highest BCUT2D eigenvalue weighted by atomic mass is 32.2. The Bertz CT molecular complexity index is 1170. The molecule has 1 amide bonds. The Labute approximate surface area is 225 Å². The lowest BCUT2D eigenvalue weighted by molar-refractivity contribution is -0.139. The molecule has 2 heterocycles. The van der Waals surface area contributed by atoms with E-state index >= 15 is 0 Å². The highest BCUT2D eigenvalue weighted by molar-refractivity contribution is 7.99. The Morgan fingerprint density at radius 2 is 1.66 bits per heavy atom. The Kier molecular flexibility index (Phi) is 9.67. The second kappa shape index (κ2) is 12.7. The fourth-order valence-corrected chi connectivity index (χ4v) is 4.25. The summed E-state index contributed by atoms with van der Waals surface area (Å²) in [5.41, 5.74) is 0.228. The van der Waals surface area contributed by atoms with E-state index < -0.39 is 29.9 Å². The van der Waals surface area contributed by atoms with Gasteiger partial charge in [-0.3, -0.25) is 9.59 Å².